The van der Waals surface area contributed by atoms with Crippen molar-refractivity contribution in [2.75, 3.05) is 33.9 Å². The normalized spacial score (nSPS) is 21.3. The molecule has 1 aliphatic heterocycles. The maximum absolute atomic E-state index is 2.38. The molecule has 2 heteroatoms. The lowest BCUT2D eigenvalue weighted by atomic mass is 9.97. The topological polar surface area (TPSA) is 6.48 Å². The second-order valence-corrected chi connectivity index (χ2v) is 4.33. The van der Waals surface area contributed by atoms with Crippen LogP contribution in [0.4, 0.5) is 0 Å². The minimum absolute atomic E-state index is 0.667. The van der Waals surface area contributed by atoms with E-state index in [0.29, 0.717) is 5.92 Å². The first-order valence-corrected chi connectivity index (χ1v) is 5.18. The Morgan fingerprint density at radius 3 is 2.14 bits per heavy atom. The smallest absolute Gasteiger partial charge is 0.0501 e. The highest BCUT2D eigenvalue weighted by molar-refractivity contribution is 5.20. The average molecular weight is 190 g/mol. The van der Waals surface area contributed by atoms with E-state index in [1.807, 2.05) is 0 Å². The molecule has 14 heavy (non-hydrogen) atoms. The summed E-state index contributed by atoms with van der Waals surface area (Å²) in [5.41, 5.74) is 1.46. The summed E-state index contributed by atoms with van der Waals surface area (Å²) in [6, 6.07) is 10.8. The van der Waals surface area contributed by atoms with Crippen molar-refractivity contribution in [3.63, 3.8) is 0 Å². The minimum Gasteiger partial charge on any atom is -0.293 e. The van der Waals surface area contributed by atoms with Crippen LogP contribution in [0.2, 0.25) is 0 Å². The van der Waals surface area contributed by atoms with Crippen LogP contribution < -0.4 is 0 Å². The Labute approximate surface area is 86.1 Å². The lowest BCUT2D eigenvalue weighted by molar-refractivity contribution is 0.115. The Kier molecular flexibility index (Phi) is 2.85. The molecule has 0 radical (unpaired) electrons. The van der Waals surface area contributed by atoms with Crippen LogP contribution >= 0.6 is 0 Å². The molecule has 0 atom stereocenters. The molecule has 1 aromatic carbocycles. The zero-order valence-corrected chi connectivity index (χ0v) is 8.98. The summed E-state index contributed by atoms with van der Waals surface area (Å²) < 4.78 is 0. The molecule has 1 aromatic rings. The van der Waals surface area contributed by atoms with E-state index >= 15 is 0 Å². The first-order chi connectivity index (χ1) is 6.75. The van der Waals surface area contributed by atoms with E-state index in [1.54, 1.807) is 0 Å². The summed E-state index contributed by atoms with van der Waals surface area (Å²) in [6.45, 7) is 3.44. The molecule has 0 bridgehead atoms. The summed E-state index contributed by atoms with van der Waals surface area (Å²) in [6.07, 6.45) is 0. The van der Waals surface area contributed by atoms with E-state index in [9.17, 15) is 0 Å². The van der Waals surface area contributed by atoms with Crippen molar-refractivity contribution in [1.29, 1.82) is 0 Å². The van der Waals surface area contributed by atoms with Crippen LogP contribution in [0.3, 0.4) is 0 Å². The van der Waals surface area contributed by atoms with E-state index in [1.165, 1.54) is 18.7 Å². The highest BCUT2D eigenvalue weighted by Gasteiger charge is 2.21. The van der Waals surface area contributed by atoms with Crippen molar-refractivity contribution in [1.82, 2.24) is 9.80 Å². The van der Waals surface area contributed by atoms with E-state index in [0.717, 1.165) is 6.67 Å². The van der Waals surface area contributed by atoms with Gasteiger partial charge in [0, 0.05) is 19.0 Å². The zero-order chi connectivity index (χ0) is 9.97. The Morgan fingerprint density at radius 2 is 1.57 bits per heavy atom. The highest BCUT2D eigenvalue weighted by atomic mass is 15.3. The summed E-state index contributed by atoms with van der Waals surface area (Å²) in [5.74, 6) is 0.667. The van der Waals surface area contributed by atoms with Crippen molar-refractivity contribution in [3.8, 4) is 0 Å². The van der Waals surface area contributed by atoms with Gasteiger partial charge in [-0.2, -0.15) is 0 Å². The van der Waals surface area contributed by atoms with Gasteiger partial charge in [-0.3, -0.25) is 9.80 Å². The molecule has 76 valence electrons. The van der Waals surface area contributed by atoms with Gasteiger partial charge in [0.1, 0.15) is 0 Å². The van der Waals surface area contributed by atoms with Gasteiger partial charge in [0.2, 0.25) is 0 Å². The largest absolute Gasteiger partial charge is 0.293 e. The average Bonchev–Trinajstić information content (AvgIpc) is 2.18. The quantitative estimate of drug-likeness (QED) is 0.664. The molecule has 0 saturated carbocycles. The van der Waals surface area contributed by atoms with Gasteiger partial charge in [-0.15, -0.1) is 0 Å². The SMILES string of the molecule is CN1CC(c2ccccc2)CN(C)C1. The molecule has 0 N–H and O–H groups in total. The summed E-state index contributed by atoms with van der Waals surface area (Å²) >= 11 is 0. The standard InChI is InChI=1S/C12H18N2/c1-13-8-12(9-14(2)10-13)11-6-4-3-5-7-11/h3-7,12H,8-10H2,1-2H3. The molecule has 1 fully saturated rings. The molecular weight excluding hydrogens is 172 g/mol. The van der Waals surface area contributed by atoms with Crippen LogP contribution in [0.1, 0.15) is 11.5 Å². The minimum atomic E-state index is 0.667. The molecule has 1 heterocycles. The monoisotopic (exact) mass is 190 g/mol. The first kappa shape index (κ1) is 9.69. The number of nitrogens with zero attached hydrogens (tertiary/aromatic N) is 2. The van der Waals surface area contributed by atoms with Crippen LogP contribution in [-0.2, 0) is 0 Å². The molecule has 1 saturated heterocycles. The second kappa shape index (κ2) is 4.11. The van der Waals surface area contributed by atoms with Crippen molar-refractivity contribution in [2.45, 2.75) is 5.92 Å². The van der Waals surface area contributed by atoms with E-state index in [-0.39, 0.29) is 0 Å². The van der Waals surface area contributed by atoms with Gasteiger partial charge in [-0.1, -0.05) is 30.3 Å². The van der Waals surface area contributed by atoms with E-state index in [4.69, 9.17) is 0 Å². The Balaban J connectivity index is 2.11. The highest BCUT2D eigenvalue weighted by Crippen LogP contribution is 2.20. The zero-order valence-electron chi connectivity index (χ0n) is 8.98. The third-order valence-corrected chi connectivity index (χ3v) is 2.82. The van der Waals surface area contributed by atoms with Crippen molar-refractivity contribution in [3.05, 3.63) is 35.9 Å². The fraction of sp³-hybridized carbons (Fsp3) is 0.500. The molecule has 0 spiro atoms. The lowest BCUT2D eigenvalue weighted by Gasteiger charge is -2.36. The summed E-state index contributed by atoms with van der Waals surface area (Å²) in [7, 11) is 4.37. The molecule has 1 aliphatic rings. The Morgan fingerprint density at radius 1 is 1.00 bits per heavy atom. The van der Waals surface area contributed by atoms with Gasteiger partial charge in [0.15, 0.2) is 0 Å². The molecule has 2 nitrogen and oxygen atoms in total. The maximum atomic E-state index is 2.38. The second-order valence-electron chi connectivity index (χ2n) is 4.33. The molecule has 0 aliphatic carbocycles. The summed E-state index contributed by atoms with van der Waals surface area (Å²) in [4.78, 5) is 4.75. The van der Waals surface area contributed by atoms with Crippen LogP contribution in [0.25, 0.3) is 0 Å². The van der Waals surface area contributed by atoms with Gasteiger partial charge in [-0.25, -0.2) is 0 Å². The van der Waals surface area contributed by atoms with E-state index in [2.05, 4.69) is 54.2 Å². The molecule has 0 unspecified atom stereocenters. The Bertz CT molecular complexity index is 274. The number of hydrogen-bond donors (Lipinski definition) is 0. The molecule has 0 aromatic heterocycles. The van der Waals surface area contributed by atoms with Crippen LogP contribution in [0.15, 0.2) is 30.3 Å². The van der Waals surface area contributed by atoms with E-state index < -0.39 is 0 Å². The summed E-state index contributed by atoms with van der Waals surface area (Å²) in [5, 5.41) is 0. The van der Waals surface area contributed by atoms with Crippen LogP contribution in [0.5, 0.6) is 0 Å². The third kappa shape index (κ3) is 2.14. The van der Waals surface area contributed by atoms with Crippen molar-refractivity contribution in [2.24, 2.45) is 0 Å². The predicted molar refractivity (Wildman–Crippen MR) is 59.3 cm³/mol. The maximum Gasteiger partial charge on any atom is 0.0501 e. The number of hydrogen-bond acceptors (Lipinski definition) is 2. The lowest BCUT2D eigenvalue weighted by Crippen LogP contribution is -2.44. The van der Waals surface area contributed by atoms with Crippen LogP contribution in [0, 0.1) is 0 Å². The van der Waals surface area contributed by atoms with Gasteiger partial charge in [0.25, 0.3) is 0 Å². The van der Waals surface area contributed by atoms with Crippen molar-refractivity contribution < 1.29 is 0 Å². The van der Waals surface area contributed by atoms with Crippen molar-refractivity contribution >= 4 is 0 Å². The number of likely N-dealkylation sites (N-methyl/N-ethyl adjacent to an activating group) is 2. The Hall–Kier alpha value is -0.860. The third-order valence-electron chi connectivity index (χ3n) is 2.82. The van der Waals surface area contributed by atoms with Gasteiger partial charge >= 0.3 is 0 Å². The van der Waals surface area contributed by atoms with Crippen LogP contribution in [-0.4, -0.2) is 43.7 Å². The fourth-order valence-corrected chi connectivity index (χ4v) is 2.27. The number of rotatable bonds is 1. The molecular formula is C12H18N2. The first-order valence-electron chi connectivity index (χ1n) is 5.18. The molecule has 2 rings (SSSR count). The van der Waals surface area contributed by atoms with Gasteiger partial charge < -0.3 is 0 Å². The number of benzene rings is 1. The molecule has 0 amide bonds. The van der Waals surface area contributed by atoms with Gasteiger partial charge in [0.05, 0.1) is 6.67 Å². The van der Waals surface area contributed by atoms with Gasteiger partial charge in [-0.05, 0) is 19.7 Å². The fourth-order valence-electron chi connectivity index (χ4n) is 2.27. The predicted octanol–water partition coefficient (Wildman–Crippen LogP) is 1.60.